The van der Waals surface area contributed by atoms with Gasteiger partial charge in [-0.3, -0.25) is 4.79 Å². The molecule has 0 N–H and O–H groups in total. The quantitative estimate of drug-likeness (QED) is 0.739. The van der Waals surface area contributed by atoms with E-state index < -0.39 is 23.9 Å². The normalized spacial score (nSPS) is 20.0. The fraction of sp³-hybridized carbons (Fsp3) is 0.579. The zero-order valence-corrected chi connectivity index (χ0v) is 16.4. The zero-order valence-electron chi connectivity index (χ0n) is 16.4. The lowest BCUT2D eigenvalue weighted by molar-refractivity contribution is -0.200. The second-order valence-electron chi connectivity index (χ2n) is 7.79. The van der Waals surface area contributed by atoms with Crippen molar-refractivity contribution in [2.75, 3.05) is 19.6 Å². The number of nitrogens with zero attached hydrogens (tertiary/aromatic N) is 5. The first-order chi connectivity index (χ1) is 14.2. The van der Waals surface area contributed by atoms with Gasteiger partial charge in [-0.15, -0.1) is 0 Å². The summed E-state index contributed by atoms with van der Waals surface area (Å²) in [5.41, 5.74) is 0.469. The van der Waals surface area contributed by atoms with Gasteiger partial charge in [0.05, 0.1) is 6.20 Å². The standard InChI is InChI=1S/C19H22F3N5O3/c1-13(19(20,21)22)30-17(29)25-10-5-18(6-11-25)4-2-8-26(18)16(28)14-12-24-27-9-3-7-23-15(14)27/h3,7,9,12-13H,2,4-6,8,10-11H2,1H3. The fourth-order valence-electron chi connectivity index (χ4n) is 4.30. The third kappa shape index (κ3) is 3.56. The Hall–Kier alpha value is -2.85. The number of fused-ring (bicyclic) bond motifs is 1. The number of carbonyl (C=O) groups excluding carboxylic acids is 2. The van der Waals surface area contributed by atoms with Crippen LogP contribution in [0.4, 0.5) is 18.0 Å². The molecule has 11 heteroatoms. The van der Waals surface area contributed by atoms with Crippen molar-refractivity contribution in [3.05, 3.63) is 30.2 Å². The summed E-state index contributed by atoms with van der Waals surface area (Å²) in [5, 5.41) is 4.17. The molecule has 0 radical (unpaired) electrons. The minimum absolute atomic E-state index is 0.164. The van der Waals surface area contributed by atoms with Crippen LogP contribution in [0.1, 0.15) is 43.0 Å². The topological polar surface area (TPSA) is 80.0 Å². The first-order valence-corrected chi connectivity index (χ1v) is 9.84. The molecular weight excluding hydrogens is 403 g/mol. The van der Waals surface area contributed by atoms with Crippen LogP contribution in [0.3, 0.4) is 0 Å². The molecule has 4 heterocycles. The van der Waals surface area contributed by atoms with E-state index in [0.29, 0.717) is 30.6 Å². The Kier molecular flexibility index (Phi) is 5.07. The van der Waals surface area contributed by atoms with Gasteiger partial charge in [0.1, 0.15) is 5.56 Å². The Balaban J connectivity index is 1.45. The van der Waals surface area contributed by atoms with Crippen molar-refractivity contribution in [2.24, 2.45) is 0 Å². The lowest BCUT2D eigenvalue weighted by atomic mass is 9.85. The molecule has 1 atom stereocenters. The third-order valence-corrected chi connectivity index (χ3v) is 6.04. The van der Waals surface area contributed by atoms with E-state index in [1.54, 1.807) is 18.5 Å². The molecule has 0 bridgehead atoms. The Morgan fingerprint density at radius 1 is 1.20 bits per heavy atom. The molecule has 2 fully saturated rings. The van der Waals surface area contributed by atoms with Gasteiger partial charge in [0.25, 0.3) is 5.91 Å². The molecule has 1 spiro atoms. The Bertz CT molecular complexity index is 952. The van der Waals surface area contributed by atoms with Crippen molar-refractivity contribution < 1.29 is 27.5 Å². The number of alkyl halides is 3. The number of hydrogen-bond donors (Lipinski definition) is 0. The number of hydrogen-bond acceptors (Lipinski definition) is 5. The molecular formula is C19H22F3N5O3. The van der Waals surface area contributed by atoms with E-state index in [4.69, 9.17) is 0 Å². The highest BCUT2D eigenvalue weighted by atomic mass is 19.4. The number of piperidine rings is 1. The van der Waals surface area contributed by atoms with E-state index in [-0.39, 0.29) is 19.0 Å². The predicted octanol–water partition coefficient (Wildman–Crippen LogP) is 2.89. The summed E-state index contributed by atoms with van der Waals surface area (Å²) in [6, 6.07) is 1.72. The van der Waals surface area contributed by atoms with Crippen molar-refractivity contribution in [3.8, 4) is 0 Å². The zero-order chi connectivity index (χ0) is 21.5. The minimum atomic E-state index is -4.59. The van der Waals surface area contributed by atoms with Crippen LogP contribution in [0.2, 0.25) is 0 Å². The number of likely N-dealkylation sites (tertiary alicyclic amines) is 2. The van der Waals surface area contributed by atoms with Gasteiger partial charge < -0.3 is 14.5 Å². The van der Waals surface area contributed by atoms with Gasteiger partial charge in [0, 0.05) is 37.6 Å². The molecule has 0 saturated carbocycles. The molecule has 2 aromatic heterocycles. The minimum Gasteiger partial charge on any atom is -0.437 e. The van der Waals surface area contributed by atoms with Gasteiger partial charge in [-0.25, -0.2) is 14.3 Å². The van der Waals surface area contributed by atoms with Gasteiger partial charge in [0.2, 0.25) is 0 Å². The van der Waals surface area contributed by atoms with Crippen LogP contribution in [0.15, 0.2) is 24.7 Å². The lowest BCUT2D eigenvalue weighted by Gasteiger charge is -2.44. The molecule has 8 nitrogen and oxygen atoms in total. The first-order valence-electron chi connectivity index (χ1n) is 9.84. The Labute approximate surface area is 170 Å². The predicted molar refractivity (Wildman–Crippen MR) is 98.8 cm³/mol. The number of amides is 2. The van der Waals surface area contributed by atoms with Crippen molar-refractivity contribution in [1.82, 2.24) is 24.4 Å². The van der Waals surface area contributed by atoms with E-state index in [1.807, 2.05) is 4.90 Å². The van der Waals surface area contributed by atoms with Crippen LogP contribution in [0, 0.1) is 0 Å². The molecule has 2 aromatic rings. The molecule has 1 unspecified atom stereocenters. The van der Waals surface area contributed by atoms with Gasteiger partial charge in [0.15, 0.2) is 11.8 Å². The van der Waals surface area contributed by atoms with E-state index in [1.165, 1.54) is 15.6 Å². The maximum atomic E-state index is 13.3. The van der Waals surface area contributed by atoms with Crippen molar-refractivity contribution in [2.45, 2.75) is 50.4 Å². The highest BCUT2D eigenvalue weighted by molar-refractivity contribution is 6.00. The maximum Gasteiger partial charge on any atom is 0.425 e. The molecule has 2 saturated heterocycles. The van der Waals surface area contributed by atoms with Crippen LogP contribution in [0.25, 0.3) is 5.65 Å². The van der Waals surface area contributed by atoms with Gasteiger partial charge in [-0.1, -0.05) is 0 Å². The maximum absolute atomic E-state index is 13.3. The summed E-state index contributed by atoms with van der Waals surface area (Å²) in [4.78, 5) is 32.7. The van der Waals surface area contributed by atoms with E-state index in [9.17, 15) is 22.8 Å². The average Bonchev–Trinajstić information content (AvgIpc) is 3.32. The number of rotatable bonds is 2. The van der Waals surface area contributed by atoms with E-state index in [0.717, 1.165) is 19.8 Å². The van der Waals surface area contributed by atoms with Crippen molar-refractivity contribution >= 4 is 17.6 Å². The highest BCUT2D eigenvalue weighted by Gasteiger charge is 2.47. The Morgan fingerprint density at radius 3 is 2.63 bits per heavy atom. The van der Waals surface area contributed by atoms with E-state index >= 15 is 0 Å². The molecule has 162 valence electrons. The number of halogens is 3. The summed E-state index contributed by atoms with van der Waals surface area (Å²) >= 11 is 0. The van der Waals surface area contributed by atoms with Crippen LogP contribution in [-0.2, 0) is 4.74 Å². The van der Waals surface area contributed by atoms with Crippen LogP contribution in [-0.4, -0.2) is 73.9 Å². The molecule has 0 aliphatic carbocycles. The Morgan fingerprint density at radius 2 is 1.93 bits per heavy atom. The number of aromatic nitrogens is 3. The fourth-order valence-corrected chi connectivity index (χ4v) is 4.30. The molecule has 2 aliphatic heterocycles. The summed E-state index contributed by atoms with van der Waals surface area (Å²) in [7, 11) is 0. The van der Waals surface area contributed by atoms with Crippen LogP contribution in [0.5, 0.6) is 0 Å². The van der Waals surface area contributed by atoms with E-state index in [2.05, 4.69) is 14.8 Å². The number of carbonyl (C=O) groups is 2. The van der Waals surface area contributed by atoms with Gasteiger partial charge in [-0.05, 0) is 38.7 Å². The highest BCUT2D eigenvalue weighted by Crippen LogP contribution is 2.40. The van der Waals surface area contributed by atoms with Gasteiger partial charge in [-0.2, -0.15) is 18.3 Å². The second-order valence-corrected chi connectivity index (χ2v) is 7.79. The van der Waals surface area contributed by atoms with Crippen molar-refractivity contribution in [1.29, 1.82) is 0 Å². The smallest absolute Gasteiger partial charge is 0.425 e. The lowest BCUT2D eigenvalue weighted by Crippen LogP contribution is -2.55. The number of ether oxygens (including phenoxy) is 1. The molecule has 2 amide bonds. The van der Waals surface area contributed by atoms with Crippen LogP contribution >= 0.6 is 0 Å². The van der Waals surface area contributed by atoms with Gasteiger partial charge >= 0.3 is 12.3 Å². The SMILES string of the molecule is CC(OC(=O)N1CCC2(CCCN2C(=O)c2cnn3cccnc23)CC1)C(F)(F)F. The van der Waals surface area contributed by atoms with Crippen molar-refractivity contribution in [3.63, 3.8) is 0 Å². The molecule has 2 aliphatic rings. The molecule has 0 aromatic carbocycles. The second kappa shape index (κ2) is 7.44. The molecule has 30 heavy (non-hydrogen) atoms. The first kappa shape index (κ1) is 20.4. The van der Waals surface area contributed by atoms with Crippen LogP contribution < -0.4 is 0 Å². The third-order valence-electron chi connectivity index (χ3n) is 6.04. The summed E-state index contributed by atoms with van der Waals surface area (Å²) in [6.07, 6.45) is -0.329. The summed E-state index contributed by atoms with van der Waals surface area (Å²) < 4.78 is 44.0. The summed E-state index contributed by atoms with van der Waals surface area (Å²) in [6.45, 7) is 1.87. The monoisotopic (exact) mass is 425 g/mol. The largest absolute Gasteiger partial charge is 0.437 e. The molecule has 4 rings (SSSR count). The summed E-state index contributed by atoms with van der Waals surface area (Å²) in [5.74, 6) is -0.164. The average molecular weight is 425 g/mol.